The Morgan fingerprint density at radius 3 is 2.10 bits per heavy atom. The van der Waals surface area contributed by atoms with Crippen molar-refractivity contribution in [1.82, 2.24) is 10.2 Å². The molecule has 2 rings (SSSR count). The van der Waals surface area contributed by atoms with Crippen LogP contribution in [0.5, 0.6) is 0 Å². The Balaban J connectivity index is 1.77. The van der Waals surface area contributed by atoms with E-state index in [0.29, 0.717) is 23.4 Å². The topological polar surface area (TPSA) is 78.5 Å². The molecule has 0 spiro atoms. The lowest BCUT2D eigenvalue weighted by Gasteiger charge is -2.18. The molecule has 2 N–H and O–H groups in total. The lowest BCUT2D eigenvalue weighted by atomic mass is 10.1. The highest BCUT2D eigenvalue weighted by molar-refractivity contribution is 6.00. The lowest BCUT2D eigenvalue weighted by molar-refractivity contribution is -0.116. The van der Waals surface area contributed by atoms with Crippen LogP contribution in [0.4, 0.5) is 5.69 Å². The lowest BCUT2D eigenvalue weighted by Crippen LogP contribution is -2.34. The second-order valence-corrected chi connectivity index (χ2v) is 6.70. The van der Waals surface area contributed by atoms with E-state index in [4.69, 9.17) is 0 Å². The number of carbonyl (C=O) groups is 3. The summed E-state index contributed by atoms with van der Waals surface area (Å²) in [7, 11) is 0. The predicted molar refractivity (Wildman–Crippen MR) is 115 cm³/mol. The number of anilines is 1. The monoisotopic (exact) mass is 395 g/mol. The summed E-state index contributed by atoms with van der Waals surface area (Å²) in [5, 5.41) is 5.66. The first-order valence-corrected chi connectivity index (χ1v) is 10.0. The molecule has 0 radical (unpaired) electrons. The van der Waals surface area contributed by atoms with Gasteiger partial charge >= 0.3 is 0 Å². The van der Waals surface area contributed by atoms with Gasteiger partial charge in [0.15, 0.2) is 5.78 Å². The molecule has 2 aromatic carbocycles. The predicted octanol–water partition coefficient (Wildman–Crippen LogP) is 3.36. The van der Waals surface area contributed by atoms with E-state index in [1.165, 1.54) is 0 Å². The van der Waals surface area contributed by atoms with Gasteiger partial charge in [-0.15, -0.1) is 0 Å². The summed E-state index contributed by atoms with van der Waals surface area (Å²) < 4.78 is 0. The van der Waals surface area contributed by atoms with Crippen molar-refractivity contribution in [2.75, 3.05) is 31.5 Å². The van der Waals surface area contributed by atoms with Crippen LogP contribution in [0.15, 0.2) is 54.6 Å². The number of ketones is 1. The van der Waals surface area contributed by atoms with Crippen LogP contribution in [-0.2, 0) is 4.79 Å². The summed E-state index contributed by atoms with van der Waals surface area (Å²) in [5.74, 6) is -0.424. The molecule has 29 heavy (non-hydrogen) atoms. The van der Waals surface area contributed by atoms with Gasteiger partial charge in [-0.1, -0.05) is 44.2 Å². The number of rotatable bonds is 11. The standard InChI is InChI=1S/C23H29N3O3/c1-3-26(4-2)17-16-24-23(29)19-10-12-20(13-11-19)25-22(28)15-14-21(27)18-8-6-5-7-9-18/h5-13H,3-4,14-17H2,1-2H3,(H,24,29)(H,25,28). The van der Waals surface area contributed by atoms with Crippen molar-refractivity contribution in [1.29, 1.82) is 0 Å². The van der Waals surface area contributed by atoms with Crippen LogP contribution >= 0.6 is 0 Å². The van der Waals surface area contributed by atoms with Crippen molar-refractivity contribution < 1.29 is 14.4 Å². The molecule has 0 fully saturated rings. The van der Waals surface area contributed by atoms with Crippen molar-refractivity contribution in [2.45, 2.75) is 26.7 Å². The molecule has 6 heteroatoms. The van der Waals surface area contributed by atoms with Crippen LogP contribution < -0.4 is 10.6 Å². The van der Waals surface area contributed by atoms with Gasteiger partial charge in [0, 0.05) is 42.7 Å². The number of carbonyl (C=O) groups excluding carboxylic acids is 3. The minimum atomic E-state index is -0.231. The molecule has 2 aromatic rings. The van der Waals surface area contributed by atoms with Gasteiger partial charge in [-0.3, -0.25) is 14.4 Å². The van der Waals surface area contributed by atoms with E-state index in [1.807, 2.05) is 6.07 Å². The maximum atomic E-state index is 12.2. The zero-order valence-electron chi connectivity index (χ0n) is 17.1. The Bertz CT molecular complexity index is 800. The van der Waals surface area contributed by atoms with Crippen LogP contribution in [0.2, 0.25) is 0 Å². The molecule has 0 bridgehead atoms. The Kier molecular flexibility index (Phi) is 9.05. The second-order valence-electron chi connectivity index (χ2n) is 6.70. The van der Waals surface area contributed by atoms with E-state index in [9.17, 15) is 14.4 Å². The number of likely N-dealkylation sites (N-methyl/N-ethyl adjacent to an activating group) is 1. The fourth-order valence-electron chi connectivity index (χ4n) is 2.89. The molecule has 0 saturated carbocycles. The molecule has 0 aliphatic carbocycles. The molecule has 0 aliphatic rings. The minimum Gasteiger partial charge on any atom is -0.351 e. The maximum Gasteiger partial charge on any atom is 0.251 e. The van der Waals surface area contributed by atoms with E-state index < -0.39 is 0 Å². The number of hydrogen-bond donors (Lipinski definition) is 2. The summed E-state index contributed by atoms with van der Waals surface area (Å²) in [6.07, 6.45) is 0.268. The minimum absolute atomic E-state index is 0.0579. The van der Waals surface area contributed by atoms with Crippen molar-refractivity contribution >= 4 is 23.3 Å². The Labute approximate surface area is 172 Å². The third kappa shape index (κ3) is 7.50. The van der Waals surface area contributed by atoms with Gasteiger partial charge in [0.25, 0.3) is 5.91 Å². The fourth-order valence-corrected chi connectivity index (χ4v) is 2.89. The van der Waals surface area contributed by atoms with Crippen LogP contribution in [0, 0.1) is 0 Å². The van der Waals surface area contributed by atoms with Crippen molar-refractivity contribution in [2.24, 2.45) is 0 Å². The van der Waals surface area contributed by atoms with Crippen LogP contribution in [-0.4, -0.2) is 48.7 Å². The molecule has 6 nitrogen and oxygen atoms in total. The summed E-state index contributed by atoms with van der Waals surface area (Å²) in [5.41, 5.74) is 1.75. The molecule has 0 aliphatic heterocycles. The third-order valence-corrected chi connectivity index (χ3v) is 4.71. The summed E-state index contributed by atoms with van der Waals surface area (Å²) in [6, 6.07) is 15.7. The Morgan fingerprint density at radius 2 is 1.48 bits per heavy atom. The molecule has 0 saturated heterocycles. The summed E-state index contributed by atoms with van der Waals surface area (Å²) in [6.45, 7) is 7.50. The van der Waals surface area contributed by atoms with Crippen LogP contribution in [0.1, 0.15) is 47.4 Å². The first-order valence-electron chi connectivity index (χ1n) is 10.0. The SMILES string of the molecule is CCN(CC)CCNC(=O)c1ccc(NC(=O)CCC(=O)c2ccccc2)cc1. The van der Waals surface area contributed by atoms with Crippen LogP contribution in [0.25, 0.3) is 0 Å². The Hall–Kier alpha value is -2.99. The number of nitrogens with zero attached hydrogens (tertiary/aromatic N) is 1. The third-order valence-electron chi connectivity index (χ3n) is 4.71. The average Bonchev–Trinajstić information content (AvgIpc) is 2.76. The molecule has 0 heterocycles. The molecule has 0 unspecified atom stereocenters. The van der Waals surface area contributed by atoms with Crippen molar-refractivity contribution in [3.8, 4) is 0 Å². The van der Waals surface area contributed by atoms with Gasteiger partial charge in [0.1, 0.15) is 0 Å². The number of hydrogen-bond acceptors (Lipinski definition) is 4. The second kappa shape index (κ2) is 11.8. The van der Waals surface area contributed by atoms with E-state index in [-0.39, 0.29) is 30.4 Å². The molecule has 0 aromatic heterocycles. The highest BCUT2D eigenvalue weighted by atomic mass is 16.2. The molecular weight excluding hydrogens is 366 g/mol. The maximum absolute atomic E-state index is 12.2. The van der Waals surface area contributed by atoms with Gasteiger partial charge < -0.3 is 15.5 Å². The highest BCUT2D eigenvalue weighted by Crippen LogP contribution is 2.11. The highest BCUT2D eigenvalue weighted by Gasteiger charge is 2.10. The Morgan fingerprint density at radius 1 is 0.828 bits per heavy atom. The average molecular weight is 396 g/mol. The number of nitrogens with one attached hydrogen (secondary N) is 2. The number of amides is 2. The van der Waals surface area contributed by atoms with Gasteiger partial charge in [-0.05, 0) is 37.4 Å². The first-order chi connectivity index (χ1) is 14.0. The molecular formula is C23H29N3O3. The largest absolute Gasteiger partial charge is 0.351 e. The van der Waals surface area contributed by atoms with E-state index >= 15 is 0 Å². The zero-order valence-corrected chi connectivity index (χ0v) is 17.1. The number of Topliss-reactive ketones (excluding diaryl/α,β-unsaturated/α-hetero) is 1. The molecule has 2 amide bonds. The normalized spacial score (nSPS) is 10.6. The van der Waals surface area contributed by atoms with Gasteiger partial charge in [-0.25, -0.2) is 0 Å². The fraction of sp³-hybridized carbons (Fsp3) is 0.348. The summed E-state index contributed by atoms with van der Waals surface area (Å²) in [4.78, 5) is 38.6. The quantitative estimate of drug-likeness (QED) is 0.572. The van der Waals surface area contributed by atoms with Crippen LogP contribution in [0.3, 0.4) is 0 Å². The van der Waals surface area contributed by atoms with Gasteiger partial charge in [-0.2, -0.15) is 0 Å². The molecule has 154 valence electrons. The smallest absolute Gasteiger partial charge is 0.251 e. The molecule has 0 atom stereocenters. The zero-order chi connectivity index (χ0) is 21.1. The van der Waals surface area contributed by atoms with Crippen molar-refractivity contribution in [3.05, 3.63) is 65.7 Å². The van der Waals surface area contributed by atoms with Gasteiger partial charge in [0.05, 0.1) is 0 Å². The van der Waals surface area contributed by atoms with E-state index in [2.05, 4.69) is 29.4 Å². The summed E-state index contributed by atoms with van der Waals surface area (Å²) >= 11 is 0. The first kappa shape index (κ1) is 22.3. The van der Waals surface area contributed by atoms with Crippen molar-refractivity contribution in [3.63, 3.8) is 0 Å². The van der Waals surface area contributed by atoms with E-state index in [1.54, 1.807) is 48.5 Å². The van der Waals surface area contributed by atoms with E-state index in [0.717, 1.165) is 19.6 Å². The van der Waals surface area contributed by atoms with Gasteiger partial charge in [0.2, 0.25) is 5.91 Å². The number of benzene rings is 2.